The van der Waals surface area contributed by atoms with Crippen LogP contribution in [0.5, 0.6) is 0 Å². The molecule has 21 heavy (non-hydrogen) atoms. The third-order valence-electron chi connectivity index (χ3n) is 3.38. The van der Waals surface area contributed by atoms with Gasteiger partial charge in [0.05, 0.1) is 0 Å². The summed E-state index contributed by atoms with van der Waals surface area (Å²) in [6.45, 7) is 1.94. The molecule has 118 valence electrons. The van der Waals surface area contributed by atoms with Crippen molar-refractivity contribution in [1.82, 2.24) is 10.2 Å². The van der Waals surface area contributed by atoms with Crippen molar-refractivity contribution in [3.63, 3.8) is 0 Å². The zero-order chi connectivity index (χ0) is 16.0. The second-order valence-electron chi connectivity index (χ2n) is 5.26. The molecule has 8 heteroatoms. The van der Waals surface area contributed by atoms with E-state index in [2.05, 4.69) is 5.32 Å². The Kier molecular flexibility index (Phi) is 6.13. The van der Waals surface area contributed by atoms with E-state index in [1.54, 1.807) is 6.92 Å². The Morgan fingerprint density at radius 3 is 2.48 bits per heavy atom. The van der Waals surface area contributed by atoms with Crippen LogP contribution in [0.1, 0.15) is 32.6 Å². The number of aliphatic carboxylic acids is 2. The van der Waals surface area contributed by atoms with Gasteiger partial charge in [0.2, 0.25) is 0 Å². The molecule has 2 amide bonds. The van der Waals surface area contributed by atoms with Crippen LogP contribution in [0.3, 0.4) is 0 Å². The Bertz CT molecular complexity index is 436. The van der Waals surface area contributed by atoms with Crippen molar-refractivity contribution in [2.75, 3.05) is 13.1 Å². The fourth-order valence-electron chi connectivity index (χ4n) is 2.27. The van der Waals surface area contributed by atoms with E-state index in [4.69, 9.17) is 10.2 Å². The van der Waals surface area contributed by atoms with Crippen molar-refractivity contribution in [3.05, 3.63) is 0 Å². The molecule has 1 unspecified atom stereocenters. The van der Waals surface area contributed by atoms with Crippen molar-refractivity contribution in [3.8, 4) is 0 Å². The molecule has 1 saturated heterocycles. The predicted molar refractivity (Wildman–Crippen MR) is 71.4 cm³/mol. The maximum Gasteiger partial charge on any atom is 0.326 e. The summed E-state index contributed by atoms with van der Waals surface area (Å²) in [4.78, 5) is 46.4. The van der Waals surface area contributed by atoms with Gasteiger partial charge in [-0.05, 0) is 25.2 Å². The zero-order valence-corrected chi connectivity index (χ0v) is 11.9. The van der Waals surface area contributed by atoms with E-state index in [0.29, 0.717) is 19.3 Å². The molecule has 0 aliphatic carbocycles. The summed E-state index contributed by atoms with van der Waals surface area (Å²) in [5.41, 5.74) is 0. The second kappa shape index (κ2) is 7.61. The first-order valence-electron chi connectivity index (χ1n) is 6.86. The maximum atomic E-state index is 12.0. The Labute approximate surface area is 122 Å². The van der Waals surface area contributed by atoms with E-state index in [9.17, 15) is 19.2 Å². The highest BCUT2D eigenvalue weighted by atomic mass is 16.4. The lowest BCUT2D eigenvalue weighted by molar-refractivity contribution is -0.156. The molecule has 8 nitrogen and oxygen atoms in total. The molecule has 2 atom stereocenters. The van der Waals surface area contributed by atoms with Gasteiger partial charge in [0, 0.05) is 19.5 Å². The lowest BCUT2D eigenvalue weighted by atomic mass is 10.0. The van der Waals surface area contributed by atoms with Gasteiger partial charge in [-0.3, -0.25) is 14.4 Å². The highest BCUT2D eigenvalue weighted by Crippen LogP contribution is 2.17. The summed E-state index contributed by atoms with van der Waals surface area (Å²) in [6.07, 6.45) is 1.59. The lowest BCUT2D eigenvalue weighted by Crippen LogP contribution is -2.53. The minimum atomic E-state index is -1.12. The number of piperidine rings is 1. The Hall–Kier alpha value is -2.12. The monoisotopic (exact) mass is 300 g/mol. The number of nitrogens with one attached hydrogen (secondary N) is 1. The number of carboxylic acids is 2. The average Bonchev–Trinajstić information content (AvgIpc) is 2.43. The molecule has 1 aliphatic heterocycles. The molecule has 0 aromatic heterocycles. The molecule has 0 bridgehead atoms. The molecule has 1 fully saturated rings. The first kappa shape index (κ1) is 16.9. The van der Waals surface area contributed by atoms with E-state index >= 15 is 0 Å². The number of amides is 2. The molecular weight excluding hydrogens is 280 g/mol. The summed E-state index contributed by atoms with van der Waals surface area (Å²) < 4.78 is 0. The zero-order valence-electron chi connectivity index (χ0n) is 11.9. The van der Waals surface area contributed by atoms with Crippen molar-refractivity contribution in [1.29, 1.82) is 0 Å². The fraction of sp³-hybridized carbons (Fsp3) is 0.692. The quantitative estimate of drug-likeness (QED) is 0.598. The second-order valence-corrected chi connectivity index (χ2v) is 5.26. The number of rotatable bonds is 5. The highest BCUT2D eigenvalue weighted by molar-refractivity contribution is 6.35. The number of carboxylic acid groups (broad SMARTS) is 2. The summed E-state index contributed by atoms with van der Waals surface area (Å²) >= 11 is 0. The Balaban J connectivity index is 2.54. The number of carbonyl (C=O) groups is 4. The van der Waals surface area contributed by atoms with Gasteiger partial charge in [0.25, 0.3) is 0 Å². The summed E-state index contributed by atoms with van der Waals surface area (Å²) in [5, 5.41) is 20.0. The predicted octanol–water partition coefficient (Wildman–Crippen LogP) is -0.321. The number of likely N-dealkylation sites (tertiary alicyclic amines) is 1. The van der Waals surface area contributed by atoms with E-state index in [-0.39, 0.29) is 25.4 Å². The van der Waals surface area contributed by atoms with Crippen molar-refractivity contribution < 1.29 is 29.4 Å². The standard InChI is InChI=1S/C13H20N2O6/c1-8(6-10(16)17)7-14-11(18)12(19)15-5-3-2-4-9(15)13(20)21/h8-9H,2-7H2,1H3,(H,14,18)(H,16,17)(H,20,21)/t8?,9-/m1/s1. The van der Waals surface area contributed by atoms with Gasteiger partial charge in [-0.2, -0.15) is 0 Å². The number of hydrogen-bond acceptors (Lipinski definition) is 4. The normalized spacial score (nSPS) is 19.7. The molecule has 1 heterocycles. The first-order valence-corrected chi connectivity index (χ1v) is 6.86. The largest absolute Gasteiger partial charge is 0.481 e. The first-order chi connectivity index (χ1) is 9.82. The number of nitrogens with zero attached hydrogens (tertiary/aromatic N) is 1. The SMILES string of the molecule is CC(CNC(=O)C(=O)N1CCCC[C@@H]1C(=O)O)CC(=O)O. The van der Waals surface area contributed by atoms with Crippen molar-refractivity contribution in [2.24, 2.45) is 5.92 Å². The minimum Gasteiger partial charge on any atom is -0.481 e. The van der Waals surface area contributed by atoms with E-state index in [0.717, 1.165) is 4.90 Å². The minimum absolute atomic E-state index is 0.0580. The molecule has 1 aliphatic rings. The highest BCUT2D eigenvalue weighted by Gasteiger charge is 2.34. The molecular formula is C13H20N2O6. The van der Waals surface area contributed by atoms with Crippen molar-refractivity contribution >= 4 is 23.8 Å². The fourth-order valence-corrected chi connectivity index (χ4v) is 2.27. The van der Waals surface area contributed by atoms with Crippen LogP contribution in [0.25, 0.3) is 0 Å². The van der Waals surface area contributed by atoms with Gasteiger partial charge < -0.3 is 20.4 Å². The topological polar surface area (TPSA) is 124 Å². The molecule has 0 spiro atoms. The van der Waals surface area contributed by atoms with Gasteiger partial charge in [-0.1, -0.05) is 6.92 Å². The van der Waals surface area contributed by atoms with Crippen LogP contribution in [0.2, 0.25) is 0 Å². The molecule has 0 aromatic rings. The van der Waals surface area contributed by atoms with E-state index < -0.39 is 29.8 Å². The smallest absolute Gasteiger partial charge is 0.326 e. The van der Waals surface area contributed by atoms with E-state index in [1.165, 1.54) is 0 Å². The summed E-state index contributed by atoms with van der Waals surface area (Å²) in [7, 11) is 0. The van der Waals surface area contributed by atoms with Crippen LogP contribution in [-0.4, -0.2) is 58.0 Å². The van der Waals surface area contributed by atoms with Gasteiger partial charge in [-0.15, -0.1) is 0 Å². The van der Waals surface area contributed by atoms with Crippen LogP contribution in [0, 0.1) is 5.92 Å². The van der Waals surface area contributed by atoms with E-state index in [1.807, 2.05) is 0 Å². The molecule has 0 saturated carbocycles. The third kappa shape index (κ3) is 5.05. The summed E-state index contributed by atoms with van der Waals surface area (Å²) in [5.74, 6) is -4.17. The van der Waals surface area contributed by atoms with Gasteiger partial charge in [0.15, 0.2) is 0 Å². The molecule has 1 rings (SSSR count). The Morgan fingerprint density at radius 2 is 1.90 bits per heavy atom. The van der Waals surface area contributed by atoms with Crippen LogP contribution >= 0.6 is 0 Å². The van der Waals surface area contributed by atoms with Crippen LogP contribution in [0.4, 0.5) is 0 Å². The lowest BCUT2D eigenvalue weighted by Gasteiger charge is -2.32. The molecule has 3 N–H and O–H groups in total. The van der Waals surface area contributed by atoms with Gasteiger partial charge in [-0.25, -0.2) is 4.79 Å². The van der Waals surface area contributed by atoms with Crippen LogP contribution in [0.15, 0.2) is 0 Å². The van der Waals surface area contributed by atoms with Crippen molar-refractivity contribution in [2.45, 2.75) is 38.6 Å². The summed E-state index contributed by atoms with van der Waals surface area (Å²) in [6, 6.07) is -0.964. The number of hydrogen-bond donors (Lipinski definition) is 3. The molecule has 0 radical (unpaired) electrons. The van der Waals surface area contributed by atoms with Gasteiger partial charge in [0.1, 0.15) is 6.04 Å². The van der Waals surface area contributed by atoms with Crippen LogP contribution < -0.4 is 5.32 Å². The number of carbonyl (C=O) groups excluding carboxylic acids is 2. The Morgan fingerprint density at radius 1 is 1.24 bits per heavy atom. The van der Waals surface area contributed by atoms with Gasteiger partial charge >= 0.3 is 23.8 Å². The molecule has 0 aromatic carbocycles. The maximum absolute atomic E-state index is 12.0. The average molecular weight is 300 g/mol. The third-order valence-corrected chi connectivity index (χ3v) is 3.38. The van der Waals surface area contributed by atoms with Crippen LogP contribution in [-0.2, 0) is 19.2 Å².